The van der Waals surface area contributed by atoms with Crippen LogP contribution in [0, 0.1) is 12.8 Å². The van der Waals surface area contributed by atoms with Gasteiger partial charge in [-0.05, 0) is 48.1 Å². The van der Waals surface area contributed by atoms with E-state index in [1.165, 1.54) is 18.6 Å². The minimum atomic E-state index is -4.72. The smallest absolute Gasteiger partial charge is 0.406 e. The number of aryl methyl sites for hydroxylation is 1. The summed E-state index contributed by atoms with van der Waals surface area (Å²) >= 11 is 0. The van der Waals surface area contributed by atoms with Crippen LogP contribution in [0.1, 0.15) is 56.2 Å². The van der Waals surface area contributed by atoms with Crippen LogP contribution in [0.3, 0.4) is 0 Å². The molecule has 2 unspecified atom stereocenters. The molecule has 0 saturated heterocycles. The third-order valence-corrected chi connectivity index (χ3v) is 4.01. The third-order valence-electron chi connectivity index (χ3n) is 4.01. The van der Waals surface area contributed by atoms with Gasteiger partial charge in [-0.3, -0.25) is 0 Å². The summed E-state index contributed by atoms with van der Waals surface area (Å²) in [7, 11) is 0. The molecule has 2 nitrogen and oxygen atoms in total. The van der Waals surface area contributed by atoms with Gasteiger partial charge >= 0.3 is 6.36 Å². The van der Waals surface area contributed by atoms with Crippen molar-refractivity contribution in [3.63, 3.8) is 0 Å². The van der Waals surface area contributed by atoms with E-state index in [0.717, 1.165) is 16.7 Å². The maximum atomic E-state index is 12.5. The van der Waals surface area contributed by atoms with Gasteiger partial charge in [-0.1, -0.05) is 63.6 Å². The van der Waals surface area contributed by atoms with Crippen molar-refractivity contribution < 1.29 is 23.0 Å². The molecule has 0 spiro atoms. The van der Waals surface area contributed by atoms with E-state index in [2.05, 4.69) is 18.6 Å². The highest BCUT2D eigenvalue weighted by Gasteiger charge is 2.31. The summed E-state index contributed by atoms with van der Waals surface area (Å²) in [4.78, 5) is 0. The Labute approximate surface area is 160 Å². The number of aliphatic hydroxyl groups is 1. The molecule has 0 aliphatic carbocycles. The van der Waals surface area contributed by atoms with Crippen molar-refractivity contribution in [2.45, 2.75) is 52.8 Å². The molecule has 150 valence electrons. The molecular formula is C22H29F3O2. The minimum absolute atomic E-state index is 0.0289. The first-order valence-electron chi connectivity index (χ1n) is 9.23. The fraction of sp³-hybridized carbons (Fsp3) is 0.455. The number of benzene rings is 2. The second-order valence-corrected chi connectivity index (χ2v) is 6.76. The summed E-state index contributed by atoms with van der Waals surface area (Å²) in [6, 6.07) is 14.0. The highest BCUT2D eigenvalue weighted by molar-refractivity contribution is 5.42. The average Bonchev–Trinajstić information content (AvgIpc) is 2.61. The fourth-order valence-corrected chi connectivity index (χ4v) is 2.80. The first-order valence-corrected chi connectivity index (χ1v) is 9.23. The predicted molar refractivity (Wildman–Crippen MR) is 103 cm³/mol. The molecule has 2 aromatic rings. The second-order valence-electron chi connectivity index (χ2n) is 6.76. The highest BCUT2D eigenvalue weighted by Crippen LogP contribution is 2.36. The summed E-state index contributed by atoms with van der Waals surface area (Å²) in [6.45, 7) is 8.06. The SMILES string of the molecule is CCC.Cc1ccc(OC(F)(F)F)cc1C(CC(C)CO)c1ccccc1. The number of rotatable bonds is 6. The van der Waals surface area contributed by atoms with Crippen LogP contribution in [-0.2, 0) is 0 Å². The van der Waals surface area contributed by atoms with Gasteiger partial charge in [-0.25, -0.2) is 0 Å². The fourth-order valence-electron chi connectivity index (χ4n) is 2.80. The zero-order valence-corrected chi connectivity index (χ0v) is 16.4. The lowest BCUT2D eigenvalue weighted by atomic mass is 9.82. The lowest BCUT2D eigenvalue weighted by molar-refractivity contribution is -0.274. The first-order chi connectivity index (χ1) is 12.7. The van der Waals surface area contributed by atoms with Crippen molar-refractivity contribution in [3.05, 3.63) is 65.2 Å². The van der Waals surface area contributed by atoms with Crippen LogP contribution in [0.5, 0.6) is 5.75 Å². The van der Waals surface area contributed by atoms with Crippen LogP contribution in [0.4, 0.5) is 13.2 Å². The third kappa shape index (κ3) is 8.04. The van der Waals surface area contributed by atoms with E-state index in [-0.39, 0.29) is 24.2 Å². The van der Waals surface area contributed by atoms with E-state index < -0.39 is 6.36 Å². The number of aliphatic hydroxyl groups excluding tert-OH is 1. The molecule has 0 radical (unpaired) electrons. The minimum Gasteiger partial charge on any atom is -0.406 e. The molecule has 2 rings (SSSR count). The number of halogens is 3. The van der Waals surface area contributed by atoms with Gasteiger partial charge in [0.2, 0.25) is 0 Å². The quantitative estimate of drug-likeness (QED) is 0.621. The summed E-state index contributed by atoms with van der Waals surface area (Å²) in [5, 5.41) is 9.38. The Morgan fingerprint density at radius 2 is 1.63 bits per heavy atom. The van der Waals surface area contributed by atoms with Gasteiger partial charge in [0, 0.05) is 12.5 Å². The van der Waals surface area contributed by atoms with Gasteiger partial charge in [0.05, 0.1) is 0 Å². The second kappa shape index (κ2) is 11.0. The Bertz CT molecular complexity index is 669. The van der Waals surface area contributed by atoms with Crippen LogP contribution in [0.15, 0.2) is 48.5 Å². The van der Waals surface area contributed by atoms with E-state index >= 15 is 0 Å². The van der Waals surface area contributed by atoms with E-state index in [1.54, 1.807) is 6.07 Å². The van der Waals surface area contributed by atoms with Gasteiger partial charge < -0.3 is 9.84 Å². The zero-order valence-electron chi connectivity index (χ0n) is 16.4. The molecule has 0 fully saturated rings. The van der Waals surface area contributed by atoms with E-state index in [1.807, 2.05) is 44.2 Å². The van der Waals surface area contributed by atoms with Crippen LogP contribution in [0.2, 0.25) is 0 Å². The van der Waals surface area contributed by atoms with Crippen LogP contribution < -0.4 is 4.74 Å². The summed E-state index contributed by atoms with van der Waals surface area (Å²) < 4.78 is 41.6. The molecule has 0 amide bonds. The molecule has 2 atom stereocenters. The van der Waals surface area contributed by atoms with E-state index in [4.69, 9.17) is 0 Å². The van der Waals surface area contributed by atoms with E-state index in [9.17, 15) is 18.3 Å². The van der Waals surface area contributed by atoms with Crippen molar-refractivity contribution >= 4 is 0 Å². The lowest BCUT2D eigenvalue weighted by Crippen LogP contribution is -2.18. The zero-order chi connectivity index (χ0) is 20.4. The monoisotopic (exact) mass is 382 g/mol. The van der Waals surface area contributed by atoms with Crippen LogP contribution in [-0.4, -0.2) is 18.1 Å². The van der Waals surface area contributed by atoms with Gasteiger partial charge in [0.15, 0.2) is 0 Å². The van der Waals surface area contributed by atoms with E-state index in [0.29, 0.717) is 6.42 Å². The standard InChI is InChI=1S/C19H21F3O2.C3H8/c1-13(12-23)10-18(15-6-4-3-5-7-15)17-11-16(9-8-14(17)2)24-19(20,21)22;1-3-2/h3-9,11,13,18,23H,10,12H2,1-2H3;3H2,1-2H3. The topological polar surface area (TPSA) is 29.5 Å². The molecule has 0 aliphatic rings. The maximum absolute atomic E-state index is 12.5. The number of hydrogen-bond acceptors (Lipinski definition) is 2. The van der Waals surface area contributed by atoms with Gasteiger partial charge in [0.25, 0.3) is 0 Å². The molecule has 5 heteroatoms. The maximum Gasteiger partial charge on any atom is 0.573 e. The van der Waals surface area contributed by atoms with Gasteiger partial charge in [-0.15, -0.1) is 13.2 Å². The van der Waals surface area contributed by atoms with Crippen molar-refractivity contribution in [1.29, 1.82) is 0 Å². The number of alkyl halides is 3. The lowest BCUT2D eigenvalue weighted by Gasteiger charge is -2.23. The molecular weight excluding hydrogens is 353 g/mol. The Hall–Kier alpha value is -2.01. The molecule has 0 heterocycles. The van der Waals surface area contributed by atoms with Crippen LogP contribution >= 0.6 is 0 Å². The predicted octanol–water partition coefficient (Wildman–Crippen LogP) is 6.46. The molecule has 0 saturated carbocycles. The Balaban J connectivity index is 0.00000114. The van der Waals surface area contributed by atoms with Gasteiger partial charge in [-0.2, -0.15) is 0 Å². The average molecular weight is 382 g/mol. The van der Waals surface area contributed by atoms with Crippen molar-refractivity contribution in [1.82, 2.24) is 0 Å². The normalized spacial score (nSPS) is 13.3. The summed E-state index contributed by atoms with van der Waals surface area (Å²) in [6.07, 6.45) is -2.83. The molecule has 0 aliphatic heterocycles. The van der Waals surface area contributed by atoms with Crippen molar-refractivity contribution in [2.24, 2.45) is 5.92 Å². The van der Waals surface area contributed by atoms with Crippen LogP contribution in [0.25, 0.3) is 0 Å². The molecule has 0 bridgehead atoms. The first kappa shape index (κ1) is 23.0. The number of ether oxygens (including phenoxy) is 1. The number of hydrogen-bond donors (Lipinski definition) is 1. The molecule has 2 aromatic carbocycles. The highest BCUT2D eigenvalue weighted by atomic mass is 19.4. The van der Waals surface area contributed by atoms with Gasteiger partial charge in [0.1, 0.15) is 5.75 Å². The molecule has 27 heavy (non-hydrogen) atoms. The summed E-state index contributed by atoms with van der Waals surface area (Å²) in [5.74, 6) is -0.299. The Morgan fingerprint density at radius 3 is 2.15 bits per heavy atom. The Kier molecular flexibility index (Phi) is 9.36. The van der Waals surface area contributed by atoms with Crippen molar-refractivity contribution in [2.75, 3.05) is 6.61 Å². The summed E-state index contributed by atoms with van der Waals surface area (Å²) in [5.41, 5.74) is 2.68. The molecule has 0 aromatic heterocycles. The largest absolute Gasteiger partial charge is 0.573 e. The van der Waals surface area contributed by atoms with Crippen molar-refractivity contribution in [3.8, 4) is 5.75 Å². The molecule has 1 N–H and O–H groups in total. The Morgan fingerprint density at radius 1 is 1.04 bits per heavy atom.